The first kappa shape index (κ1) is 16.9. The summed E-state index contributed by atoms with van der Waals surface area (Å²) in [5, 5.41) is 4.20. The van der Waals surface area contributed by atoms with Crippen LogP contribution in [0.5, 0.6) is 5.75 Å². The van der Waals surface area contributed by atoms with E-state index in [1.165, 1.54) is 37.7 Å². The Labute approximate surface area is 153 Å². The van der Waals surface area contributed by atoms with Crippen LogP contribution < -0.4 is 10.1 Å². The molecule has 1 saturated heterocycles. The minimum absolute atomic E-state index is 0.159. The standard InChI is InChI=1S/C20H25ClN2O2/c21-16-6-7-18(17(12-16)14-4-2-1-3-5-14)25-19(15-8-9-22-13-15)20-23-10-11-24-20/h6-7,10-12,14-15,19,22H,1-5,8-9,13H2/t15-,19+/m1/s1. The molecular formula is C20H25ClN2O2. The number of hydrogen-bond acceptors (Lipinski definition) is 4. The van der Waals surface area contributed by atoms with Gasteiger partial charge in [-0.15, -0.1) is 0 Å². The molecule has 2 atom stereocenters. The summed E-state index contributed by atoms with van der Waals surface area (Å²) >= 11 is 6.30. The lowest BCUT2D eigenvalue weighted by Crippen LogP contribution is -2.22. The number of halogens is 1. The summed E-state index contributed by atoms with van der Waals surface area (Å²) in [7, 11) is 0. The predicted molar refractivity (Wildman–Crippen MR) is 98.1 cm³/mol. The van der Waals surface area contributed by atoms with Crippen LogP contribution in [0.4, 0.5) is 0 Å². The van der Waals surface area contributed by atoms with E-state index in [1.807, 2.05) is 12.1 Å². The maximum atomic E-state index is 6.53. The number of aromatic nitrogens is 1. The average Bonchev–Trinajstić information content (AvgIpc) is 3.35. The zero-order valence-corrected chi connectivity index (χ0v) is 15.2. The van der Waals surface area contributed by atoms with Gasteiger partial charge in [-0.25, -0.2) is 4.98 Å². The van der Waals surface area contributed by atoms with Gasteiger partial charge in [-0.1, -0.05) is 30.9 Å². The van der Waals surface area contributed by atoms with Crippen molar-refractivity contribution in [2.75, 3.05) is 13.1 Å². The van der Waals surface area contributed by atoms with Crippen molar-refractivity contribution < 1.29 is 9.15 Å². The summed E-state index contributed by atoms with van der Waals surface area (Å²) in [5.41, 5.74) is 1.25. The predicted octanol–water partition coefficient (Wildman–Crippen LogP) is 5.11. The quantitative estimate of drug-likeness (QED) is 0.805. The molecule has 2 heterocycles. The number of nitrogens with one attached hydrogen (secondary N) is 1. The topological polar surface area (TPSA) is 47.3 Å². The molecule has 4 nitrogen and oxygen atoms in total. The Morgan fingerprint density at radius 3 is 2.80 bits per heavy atom. The highest BCUT2D eigenvalue weighted by atomic mass is 35.5. The third-order valence-electron chi connectivity index (χ3n) is 5.49. The van der Waals surface area contributed by atoms with E-state index in [0.717, 1.165) is 30.3 Å². The first-order chi connectivity index (χ1) is 12.3. The van der Waals surface area contributed by atoms with Crippen LogP contribution in [0.1, 0.15) is 62.0 Å². The molecule has 0 spiro atoms. The van der Waals surface area contributed by atoms with Crippen LogP contribution in [-0.2, 0) is 0 Å². The number of oxazole rings is 1. The lowest BCUT2D eigenvalue weighted by molar-refractivity contribution is 0.112. The summed E-state index contributed by atoms with van der Waals surface area (Å²) in [6.45, 7) is 1.95. The molecule has 0 radical (unpaired) electrons. The first-order valence-electron chi connectivity index (χ1n) is 9.37. The lowest BCUT2D eigenvalue weighted by atomic mass is 9.83. The summed E-state index contributed by atoms with van der Waals surface area (Å²) in [4.78, 5) is 4.37. The molecule has 5 heteroatoms. The fourth-order valence-electron chi connectivity index (χ4n) is 4.15. The second-order valence-electron chi connectivity index (χ2n) is 7.18. The molecule has 1 aromatic heterocycles. The smallest absolute Gasteiger partial charge is 0.235 e. The third-order valence-corrected chi connectivity index (χ3v) is 5.73. The molecule has 0 bridgehead atoms. The minimum atomic E-state index is -0.159. The second kappa shape index (κ2) is 7.79. The fourth-order valence-corrected chi connectivity index (χ4v) is 4.34. The Balaban J connectivity index is 1.63. The van der Waals surface area contributed by atoms with Crippen molar-refractivity contribution in [2.24, 2.45) is 5.92 Å². The van der Waals surface area contributed by atoms with Crippen molar-refractivity contribution in [3.8, 4) is 5.75 Å². The van der Waals surface area contributed by atoms with E-state index in [1.54, 1.807) is 12.5 Å². The van der Waals surface area contributed by atoms with E-state index >= 15 is 0 Å². The van der Waals surface area contributed by atoms with Crippen LogP contribution >= 0.6 is 11.6 Å². The number of ether oxygens (including phenoxy) is 1. The number of hydrogen-bond donors (Lipinski definition) is 1. The van der Waals surface area contributed by atoms with Crippen molar-refractivity contribution in [2.45, 2.75) is 50.5 Å². The molecule has 134 valence electrons. The van der Waals surface area contributed by atoms with Gasteiger partial charge >= 0.3 is 0 Å². The Morgan fingerprint density at radius 2 is 2.08 bits per heavy atom. The van der Waals surface area contributed by atoms with Crippen LogP contribution in [0.3, 0.4) is 0 Å². The third kappa shape index (κ3) is 3.85. The monoisotopic (exact) mass is 360 g/mol. The Morgan fingerprint density at radius 1 is 1.20 bits per heavy atom. The summed E-state index contributed by atoms with van der Waals surface area (Å²) in [5.74, 6) is 2.51. The maximum Gasteiger partial charge on any atom is 0.235 e. The van der Waals surface area contributed by atoms with Crippen molar-refractivity contribution >= 4 is 11.6 Å². The van der Waals surface area contributed by atoms with Gasteiger partial charge in [0.25, 0.3) is 0 Å². The van der Waals surface area contributed by atoms with Gasteiger partial charge in [-0.2, -0.15) is 0 Å². The van der Waals surface area contributed by atoms with Crippen LogP contribution in [-0.4, -0.2) is 18.1 Å². The van der Waals surface area contributed by atoms with Crippen molar-refractivity contribution in [1.29, 1.82) is 0 Å². The Kier molecular flexibility index (Phi) is 5.28. The molecular weight excluding hydrogens is 336 g/mol. The van der Waals surface area contributed by atoms with Gasteiger partial charge in [0.2, 0.25) is 5.89 Å². The van der Waals surface area contributed by atoms with Crippen molar-refractivity contribution in [3.63, 3.8) is 0 Å². The molecule has 0 amide bonds. The zero-order chi connectivity index (χ0) is 17.1. The Hall–Kier alpha value is -1.52. The maximum absolute atomic E-state index is 6.53. The number of nitrogens with zero attached hydrogens (tertiary/aromatic N) is 1. The van der Waals surface area contributed by atoms with Crippen LogP contribution in [0.2, 0.25) is 5.02 Å². The van der Waals surface area contributed by atoms with Gasteiger partial charge in [0.1, 0.15) is 12.0 Å². The van der Waals surface area contributed by atoms with E-state index in [4.69, 9.17) is 20.8 Å². The largest absolute Gasteiger partial charge is 0.480 e. The molecule has 1 N–H and O–H groups in total. The van der Waals surface area contributed by atoms with E-state index < -0.39 is 0 Å². The van der Waals surface area contributed by atoms with Crippen molar-refractivity contribution in [3.05, 3.63) is 47.1 Å². The van der Waals surface area contributed by atoms with E-state index in [0.29, 0.717) is 17.7 Å². The summed E-state index contributed by atoms with van der Waals surface area (Å²) < 4.78 is 12.1. The van der Waals surface area contributed by atoms with Gasteiger partial charge in [-0.05, 0) is 55.5 Å². The molecule has 2 fully saturated rings. The highest BCUT2D eigenvalue weighted by Gasteiger charge is 2.32. The number of rotatable bonds is 5. The van der Waals surface area contributed by atoms with E-state index in [-0.39, 0.29) is 6.10 Å². The SMILES string of the molecule is Clc1ccc(O[C@H](c2ncco2)[C@@H]2CCNC2)c(C2CCCCC2)c1. The van der Waals surface area contributed by atoms with Crippen LogP contribution in [0.15, 0.2) is 35.1 Å². The minimum Gasteiger partial charge on any atom is -0.480 e. The molecule has 0 unspecified atom stereocenters. The zero-order valence-electron chi connectivity index (χ0n) is 14.4. The van der Waals surface area contributed by atoms with Gasteiger partial charge in [-0.3, -0.25) is 0 Å². The highest BCUT2D eigenvalue weighted by molar-refractivity contribution is 6.30. The summed E-state index contributed by atoms with van der Waals surface area (Å²) in [6, 6.07) is 6.03. The van der Waals surface area contributed by atoms with Gasteiger partial charge in [0, 0.05) is 17.5 Å². The molecule has 1 aromatic carbocycles. The summed E-state index contributed by atoms with van der Waals surface area (Å²) in [6.07, 6.45) is 10.6. The molecule has 1 saturated carbocycles. The molecule has 2 aliphatic rings. The van der Waals surface area contributed by atoms with Crippen LogP contribution in [0.25, 0.3) is 0 Å². The molecule has 1 aliphatic carbocycles. The Bertz CT molecular complexity index is 677. The van der Waals surface area contributed by atoms with E-state index in [2.05, 4.69) is 16.4 Å². The molecule has 4 rings (SSSR count). The second-order valence-corrected chi connectivity index (χ2v) is 7.62. The first-order valence-corrected chi connectivity index (χ1v) is 9.75. The molecule has 25 heavy (non-hydrogen) atoms. The van der Waals surface area contributed by atoms with Crippen LogP contribution in [0, 0.1) is 5.92 Å². The van der Waals surface area contributed by atoms with E-state index in [9.17, 15) is 0 Å². The van der Waals surface area contributed by atoms with Crippen molar-refractivity contribution in [1.82, 2.24) is 10.3 Å². The van der Waals surface area contributed by atoms with Gasteiger partial charge < -0.3 is 14.5 Å². The highest BCUT2D eigenvalue weighted by Crippen LogP contribution is 2.41. The lowest BCUT2D eigenvalue weighted by Gasteiger charge is -2.27. The van der Waals surface area contributed by atoms with Gasteiger partial charge in [0.15, 0.2) is 6.10 Å². The number of benzene rings is 1. The van der Waals surface area contributed by atoms with Gasteiger partial charge in [0.05, 0.1) is 6.20 Å². The molecule has 1 aliphatic heterocycles. The fraction of sp³-hybridized carbons (Fsp3) is 0.550. The molecule has 2 aromatic rings. The normalized spacial score (nSPS) is 22.8. The average molecular weight is 361 g/mol.